The zero-order valence-corrected chi connectivity index (χ0v) is 19.7. The molecule has 0 bridgehead atoms. The smallest absolute Gasteiger partial charge is 0.341 e. The van der Waals surface area contributed by atoms with Gasteiger partial charge in [-0.1, -0.05) is 42.5 Å². The second-order valence-electron chi connectivity index (χ2n) is 7.24. The fourth-order valence-electron chi connectivity index (χ4n) is 3.40. The molecule has 0 saturated carbocycles. The molecule has 4 aromatic rings. The van der Waals surface area contributed by atoms with Gasteiger partial charge in [0.05, 0.1) is 23.4 Å². The maximum Gasteiger partial charge on any atom is 0.341 e. The molecule has 1 amide bonds. The number of hydrogen-bond donors (Lipinski definition) is 1. The van der Waals surface area contributed by atoms with Crippen LogP contribution in [0.2, 0.25) is 0 Å². The number of tetrazole rings is 1. The van der Waals surface area contributed by atoms with Gasteiger partial charge in [-0.05, 0) is 47.5 Å². The van der Waals surface area contributed by atoms with E-state index in [0.29, 0.717) is 16.3 Å². The highest BCUT2D eigenvalue weighted by atomic mass is 32.1. The first-order valence-electron chi connectivity index (χ1n) is 10.6. The summed E-state index contributed by atoms with van der Waals surface area (Å²) in [7, 11) is 0. The highest BCUT2D eigenvalue weighted by Crippen LogP contribution is 2.40. The first kappa shape index (κ1) is 23.8. The Morgan fingerprint density at radius 2 is 1.74 bits per heavy atom. The van der Waals surface area contributed by atoms with Crippen LogP contribution in [0.25, 0.3) is 16.1 Å². The summed E-state index contributed by atoms with van der Waals surface area (Å²) in [6.45, 7) is 3.16. The third-order valence-corrected chi connectivity index (χ3v) is 6.23. The molecule has 10 nitrogen and oxygen atoms in total. The lowest BCUT2D eigenvalue weighted by Crippen LogP contribution is -2.22. The van der Waals surface area contributed by atoms with Crippen LogP contribution in [-0.4, -0.2) is 51.3 Å². The highest BCUT2D eigenvalue weighted by Gasteiger charge is 2.25. The van der Waals surface area contributed by atoms with Crippen molar-refractivity contribution < 1.29 is 23.9 Å². The van der Waals surface area contributed by atoms with Crippen LogP contribution < -0.4 is 5.32 Å². The number of ether oxygens (including phenoxy) is 2. The number of rotatable bonds is 8. The number of esters is 2. The molecule has 0 saturated heterocycles. The number of nitrogens with one attached hydrogen (secondary N) is 1. The summed E-state index contributed by atoms with van der Waals surface area (Å²) in [5.41, 5.74) is 2.49. The second-order valence-corrected chi connectivity index (χ2v) is 8.26. The lowest BCUT2D eigenvalue weighted by atomic mass is 10.1. The van der Waals surface area contributed by atoms with Gasteiger partial charge >= 0.3 is 11.9 Å². The van der Waals surface area contributed by atoms with E-state index >= 15 is 0 Å². The van der Waals surface area contributed by atoms with Crippen molar-refractivity contribution in [1.29, 1.82) is 0 Å². The van der Waals surface area contributed by atoms with E-state index in [4.69, 9.17) is 9.47 Å². The quantitative estimate of drug-likeness (QED) is 0.370. The van der Waals surface area contributed by atoms with E-state index in [0.717, 1.165) is 10.4 Å². The second kappa shape index (κ2) is 10.7. The van der Waals surface area contributed by atoms with Crippen molar-refractivity contribution in [3.63, 3.8) is 0 Å². The number of carbonyl (C=O) groups is 3. The Morgan fingerprint density at radius 3 is 2.46 bits per heavy atom. The van der Waals surface area contributed by atoms with Gasteiger partial charge in [-0.15, -0.1) is 16.4 Å². The normalized spacial score (nSPS) is 10.6. The number of hydrogen-bond acceptors (Lipinski definition) is 9. The Labute approximate surface area is 204 Å². The van der Waals surface area contributed by atoms with E-state index in [-0.39, 0.29) is 17.7 Å². The number of anilines is 1. The molecule has 0 unspecified atom stereocenters. The molecule has 11 heteroatoms. The van der Waals surface area contributed by atoms with Crippen LogP contribution >= 0.6 is 11.3 Å². The van der Waals surface area contributed by atoms with Gasteiger partial charge in [0.25, 0.3) is 5.91 Å². The van der Waals surface area contributed by atoms with Crippen molar-refractivity contribution in [2.24, 2.45) is 0 Å². The van der Waals surface area contributed by atoms with E-state index in [1.54, 1.807) is 38.1 Å². The van der Waals surface area contributed by atoms with Crippen LogP contribution in [0.5, 0.6) is 0 Å². The SMILES string of the molecule is CCOC(=O)c1c(NC(=O)COC(=O)c2ccccc2-n2cnnn2)sc(-c2ccccc2)c1C. The van der Waals surface area contributed by atoms with Crippen LogP contribution in [0.4, 0.5) is 5.00 Å². The number of nitrogens with zero attached hydrogens (tertiary/aromatic N) is 4. The van der Waals surface area contributed by atoms with E-state index in [2.05, 4.69) is 20.8 Å². The first-order valence-corrected chi connectivity index (χ1v) is 11.5. The van der Waals surface area contributed by atoms with Gasteiger partial charge < -0.3 is 14.8 Å². The van der Waals surface area contributed by atoms with Gasteiger partial charge in [-0.2, -0.15) is 4.68 Å². The average Bonchev–Trinajstić information content (AvgIpc) is 3.51. The lowest BCUT2D eigenvalue weighted by molar-refractivity contribution is -0.119. The Hall–Kier alpha value is -4.38. The van der Waals surface area contributed by atoms with Crippen molar-refractivity contribution in [1.82, 2.24) is 20.2 Å². The van der Waals surface area contributed by atoms with E-state index < -0.39 is 24.5 Å². The van der Waals surface area contributed by atoms with Gasteiger partial charge in [0, 0.05) is 4.88 Å². The summed E-state index contributed by atoms with van der Waals surface area (Å²) in [6.07, 6.45) is 1.35. The molecular formula is C24H21N5O5S. The summed E-state index contributed by atoms with van der Waals surface area (Å²) in [6, 6.07) is 16.1. The molecule has 2 heterocycles. The number of aromatic nitrogens is 4. The summed E-state index contributed by atoms with van der Waals surface area (Å²) in [5.74, 6) is -1.85. The fourth-order valence-corrected chi connectivity index (χ4v) is 4.62. The summed E-state index contributed by atoms with van der Waals surface area (Å²) in [4.78, 5) is 38.8. The van der Waals surface area contributed by atoms with Crippen molar-refractivity contribution in [2.75, 3.05) is 18.5 Å². The first-order chi connectivity index (χ1) is 17.0. The van der Waals surface area contributed by atoms with Crippen LogP contribution in [0, 0.1) is 6.92 Å². The van der Waals surface area contributed by atoms with Crippen molar-refractivity contribution in [3.05, 3.63) is 77.6 Å². The van der Waals surface area contributed by atoms with Gasteiger partial charge in [0.15, 0.2) is 6.61 Å². The number of thiophene rings is 1. The van der Waals surface area contributed by atoms with E-state index in [1.165, 1.54) is 22.3 Å². The molecule has 0 radical (unpaired) electrons. The number of amides is 1. The van der Waals surface area contributed by atoms with Crippen LogP contribution in [0.3, 0.4) is 0 Å². The number of para-hydroxylation sites is 1. The zero-order valence-electron chi connectivity index (χ0n) is 18.9. The van der Waals surface area contributed by atoms with Crippen molar-refractivity contribution in [3.8, 4) is 16.1 Å². The maximum absolute atomic E-state index is 12.7. The minimum atomic E-state index is -0.718. The van der Waals surface area contributed by atoms with Crippen LogP contribution in [-0.2, 0) is 14.3 Å². The van der Waals surface area contributed by atoms with E-state index in [9.17, 15) is 14.4 Å². The predicted octanol–water partition coefficient (Wildman–Crippen LogP) is 3.67. The molecule has 4 rings (SSSR count). The zero-order chi connectivity index (χ0) is 24.8. The maximum atomic E-state index is 12.7. The Kier molecular flexibility index (Phi) is 7.27. The molecule has 0 spiro atoms. The van der Waals surface area contributed by atoms with Gasteiger partial charge in [-0.25, -0.2) is 9.59 Å². The Balaban J connectivity index is 1.51. The van der Waals surface area contributed by atoms with Gasteiger partial charge in [0.1, 0.15) is 11.3 Å². The highest BCUT2D eigenvalue weighted by molar-refractivity contribution is 7.20. The Morgan fingerprint density at radius 1 is 1.00 bits per heavy atom. The van der Waals surface area contributed by atoms with Crippen LogP contribution in [0.15, 0.2) is 60.9 Å². The molecule has 1 N–H and O–H groups in total. The predicted molar refractivity (Wildman–Crippen MR) is 129 cm³/mol. The average molecular weight is 492 g/mol. The number of benzene rings is 2. The van der Waals surface area contributed by atoms with Crippen LogP contribution in [0.1, 0.15) is 33.2 Å². The van der Waals surface area contributed by atoms with Crippen molar-refractivity contribution in [2.45, 2.75) is 13.8 Å². The molecule has 2 aromatic heterocycles. The largest absolute Gasteiger partial charge is 0.462 e. The molecule has 178 valence electrons. The van der Waals surface area contributed by atoms with Gasteiger partial charge in [0.2, 0.25) is 0 Å². The molecule has 0 fully saturated rings. The molecular weight excluding hydrogens is 470 g/mol. The summed E-state index contributed by atoms with van der Waals surface area (Å²) < 4.78 is 11.7. The van der Waals surface area contributed by atoms with Gasteiger partial charge in [-0.3, -0.25) is 4.79 Å². The summed E-state index contributed by atoms with van der Waals surface area (Å²) >= 11 is 1.25. The molecule has 0 aliphatic rings. The molecule has 2 aromatic carbocycles. The molecule has 0 aliphatic carbocycles. The van der Waals surface area contributed by atoms with E-state index in [1.807, 2.05) is 30.3 Å². The third-order valence-electron chi connectivity index (χ3n) is 4.97. The third kappa shape index (κ3) is 5.25. The fraction of sp³-hybridized carbons (Fsp3) is 0.167. The topological polar surface area (TPSA) is 125 Å². The molecule has 0 atom stereocenters. The monoisotopic (exact) mass is 491 g/mol. The molecule has 35 heavy (non-hydrogen) atoms. The van der Waals surface area contributed by atoms with Crippen molar-refractivity contribution >= 4 is 34.2 Å². The summed E-state index contributed by atoms with van der Waals surface area (Å²) in [5, 5.41) is 13.9. The minimum Gasteiger partial charge on any atom is -0.462 e. The minimum absolute atomic E-state index is 0.193. The molecule has 0 aliphatic heterocycles. The lowest BCUT2D eigenvalue weighted by Gasteiger charge is -2.09. The standard InChI is InChI=1S/C24H21N5O5S/c1-3-33-24(32)20-15(2)21(16-9-5-4-6-10-16)35-22(20)26-19(30)13-34-23(31)17-11-7-8-12-18(17)29-14-25-27-28-29/h4-12,14H,3,13H2,1-2H3,(H,26,30). The Bertz CT molecular complexity index is 1350. The number of carbonyl (C=O) groups excluding carboxylic acids is 3.